The van der Waals surface area contributed by atoms with Crippen LogP contribution in [0.25, 0.3) is 0 Å². The highest BCUT2D eigenvalue weighted by atomic mass is 19.2. The first-order valence-electron chi connectivity index (χ1n) is 12.7. The number of rotatable bonds is 5. The van der Waals surface area contributed by atoms with Crippen LogP contribution in [0.2, 0.25) is 0 Å². The van der Waals surface area contributed by atoms with Crippen molar-refractivity contribution in [2.45, 2.75) is 56.7 Å². The van der Waals surface area contributed by atoms with Crippen LogP contribution in [0.4, 0.5) is 28.4 Å². The van der Waals surface area contributed by atoms with Gasteiger partial charge in [0.05, 0.1) is 6.04 Å². The molecule has 0 saturated carbocycles. The van der Waals surface area contributed by atoms with E-state index in [2.05, 4.69) is 10.6 Å². The summed E-state index contributed by atoms with van der Waals surface area (Å²) < 4.78 is 47.1. The monoisotopic (exact) mass is 544 g/mol. The number of ether oxygens (including phenoxy) is 1. The van der Waals surface area contributed by atoms with Gasteiger partial charge in [0.15, 0.2) is 17.5 Å². The second-order valence-electron chi connectivity index (χ2n) is 9.92. The molecule has 2 aromatic rings. The van der Waals surface area contributed by atoms with E-state index in [0.29, 0.717) is 36.9 Å². The molecule has 2 N–H and O–H groups in total. The average molecular weight is 545 g/mol. The fourth-order valence-corrected chi connectivity index (χ4v) is 5.90. The second-order valence-corrected chi connectivity index (χ2v) is 9.92. The molecule has 9 nitrogen and oxygen atoms in total. The van der Waals surface area contributed by atoms with Crippen LogP contribution in [-0.4, -0.2) is 53.4 Å². The third-order valence-electron chi connectivity index (χ3n) is 7.79. The molecular formula is C27H27F3N4O5. The maximum absolute atomic E-state index is 14.0. The van der Waals surface area contributed by atoms with Crippen molar-refractivity contribution in [3.8, 4) is 0 Å². The summed E-state index contributed by atoms with van der Waals surface area (Å²) in [6, 6.07) is 5.21. The zero-order chi connectivity index (χ0) is 28.1. The van der Waals surface area contributed by atoms with E-state index < -0.39 is 59.6 Å². The minimum atomic E-state index is -1.59. The molecule has 0 radical (unpaired) electrons. The summed E-state index contributed by atoms with van der Waals surface area (Å²) in [5.74, 6) is -5.56. The maximum atomic E-state index is 14.0. The van der Waals surface area contributed by atoms with E-state index in [1.165, 1.54) is 11.9 Å². The number of amides is 5. The van der Waals surface area contributed by atoms with Crippen molar-refractivity contribution in [2.24, 2.45) is 0 Å². The molecule has 2 heterocycles. The van der Waals surface area contributed by atoms with Crippen LogP contribution in [0.5, 0.6) is 0 Å². The zero-order valence-corrected chi connectivity index (χ0v) is 21.4. The number of imide groups is 1. The first-order chi connectivity index (χ1) is 18.6. The van der Waals surface area contributed by atoms with Gasteiger partial charge in [-0.25, -0.2) is 27.7 Å². The molecule has 2 fully saturated rings. The Bertz CT molecular complexity index is 1360. The molecule has 0 bridgehead atoms. The topological polar surface area (TPSA) is 108 Å². The zero-order valence-electron chi connectivity index (χ0n) is 21.4. The summed E-state index contributed by atoms with van der Waals surface area (Å²) >= 11 is 0. The van der Waals surface area contributed by atoms with E-state index in [-0.39, 0.29) is 18.0 Å². The third-order valence-corrected chi connectivity index (χ3v) is 7.79. The Morgan fingerprint density at radius 3 is 2.49 bits per heavy atom. The fraction of sp³-hybridized carbons (Fsp3) is 0.407. The third kappa shape index (κ3) is 4.37. The molecule has 0 aromatic heterocycles. The molecule has 3 aliphatic rings. The lowest BCUT2D eigenvalue weighted by Crippen LogP contribution is -2.46. The first-order valence-corrected chi connectivity index (χ1v) is 12.7. The summed E-state index contributed by atoms with van der Waals surface area (Å²) in [5, 5.41) is 5.10. The molecule has 1 unspecified atom stereocenters. The van der Waals surface area contributed by atoms with Gasteiger partial charge in [-0.3, -0.25) is 9.59 Å². The molecule has 1 spiro atoms. The van der Waals surface area contributed by atoms with Gasteiger partial charge in [0.1, 0.15) is 6.54 Å². The molecule has 2 aromatic carbocycles. The van der Waals surface area contributed by atoms with Crippen molar-refractivity contribution >= 4 is 29.6 Å². The highest BCUT2D eigenvalue weighted by Gasteiger charge is 2.58. The van der Waals surface area contributed by atoms with E-state index >= 15 is 0 Å². The van der Waals surface area contributed by atoms with Crippen molar-refractivity contribution < 1.29 is 37.1 Å². The van der Waals surface area contributed by atoms with Gasteiger partial charge >= 0.3 is 12.1 Å². The predicted molar refractivity (Wildman–Crippen MR) is 132 cm³/mol. The average Bonchev–Trinajstić information content (AvgIpc) is 3.57. The van der Waals surface area contributed by atoms with E-state index in [1.54, 1.807) is 18.2 Å². The SMILES string of the molecule is CC[C@H]1CC[C@@H](c2cc(F)c(F)c(F)c2)N1C(=O)CN1C(=O)OC2(CCc3cc(NC(=O)NC)ccc32)C1=O. The minimum Gasteiger partial charge on any atom is -0.427 e. The smallest absolute Gasteiger partial charge is 0.418 e. The van der Waals surface area contributed by atoms with Gasteiger partial charge in [-0.05, 0) is 61.1 Å². The molecule has 2 saturated heterocycles. The van der Waals surface area contributed by atoms with Gasteiger partial charge in [0, 0.05) is 30.8 Å². The number of nitrogens with one attached hydrogen (secondary N) is 2. The van der Waals surface area contributed by atoms with Gasteiger partial charge in [-0.1, -0.05) is 13.0 Å². The van der Waals surface area contributed by atoms with Crippen molar-refractivity contribution in [3.63, 3.8) is 0 Å². The Balaban J connectivity index is 1.38. The molecule has 206 valence electrons. The summed E-state index contributed by atoms with van der Waals surface area (Å²) in [5.41, 5.74) is 0.252. The lowest BCUT2D eigenvalue weighted by Gasteiger charge is -2.31. The van der Waals surface area contributed by atoms with Crippen LogP contribution in [0.3, 0.4) is 0 Å². The Labute approximate surface area is 222 Å². The Kier molecular flexibility index (Phi) is 6.73. The molecular weight excluding hydrogens is 517 g/mol. The number of urea groups is 1. The summed E-state index contributed by atoms with van der Waals surface area (Å²) in [6.07, 6.45) is 1.09. The number of carbonyl (C=O) groups excluding carboxylic acids is 4. The van der Waals surface area contributed by atoms with Crippen molar-refractivity contribution in [1.82, 2.24) is 15.1 Å². The van der Waals surface area contributed by atoms with Crippen LogP contribution < -0.4 is 10.6 Å². The fourth-order valence-electron chi connectivity index (χ4n) is 5.90. The van der Waals surface area contributed by atoms with Crippen LogP contribution in [0.1, 0.15) is 55.3 Å². The van der Waals surface area contributed by atoms with Crippen molar-refractivity contribution in [3.05, 3.63) is 64.5 Å². The predicted octanol–water partition coefficient (Wildman–Crippen LogP) is 4.12. The van der Waals surface area contributed by atoms with E-state index in [1.807, 2.05) is 6.92 Å². The molecule has 39 heavy (non-hydrogen) atoms. The number of aryl methyl sites for hydroxylation is 1. The molecule has 3 atom stereocenters. The van der Waals surface area contributed by atoms with Crippen molar-refractivity contribution in [1.29, 1.82) is 0 Å². The van der Waals surface area contributed by atoms with E-state index in [0.717, 1.165) is 22.6 Å². The van der Waals surface area contributed by atoms with Crippen LogP contribution >= 0.6 is 0 Å². The second kappa shape index (κ2) is 9.90. The number of benzene rings is 2. The normalized spacial score (nSPS) is 23.8. The quantitative estimate of drug-likeness (QED) is 0.551. The lowest BCUT2D eigenvalue weighted by atomic mass is 9.94. The number of hydrogen-bond acceptors (Lipinski definition) is 5. The standard InChI is InChI=1S/C27H27F3N4O5/c1-3-17-5-7-21(15-11-19(28)23(30)20(29)12-15)34(17)22(35)13-33-24(36)27(39-26(33)38)9-8-14-10-16(4-6-18(14)27)32-25(37)31-2/h4,6,10-12,17,21H,3,5,7-9,13H2,1-2H3,(H2,31,32,37)/t17-,21-,27?/m0/s1. The number of carbonyl (C=O) groups is 4. The maximum Gasteiger partial charge on any atom is 0.418 e. The number of nitrogens with zero attached hydrogens (tertiary/aromatic N) is 2. The number of hydrogen-bond donors (Lipinski definition) is 2. The molecule has 2 aliphatic heterocycles. The molecule has 5 rings (SSSR count). The van der Waals surface area contributed by atoms with Crippen LogP contribution in [0.15, 0.2) is 30.3 Å². The highest BCUT2D eigenvalue weighted by molar-refractivity contribution is 6.06. The van der Waals surface area contributed by atoms with E-state index in [4.69, 9.17) is 4.74 Å². The number of fused-ring (bicyclic) bond motifs is 2. The molecule has 1 aliphatic carbocycles. The molecule has 12 heteroatoms. The lowest BCUT2D eigenvalue weighted by molar-refractivity contribution is -0.143. The van der Waals surface area contributed by atoms with Gasteiger partial charge in [-0.15, -0.1) is 0 Å². The minimum absolute atomic E-state index is 0.105. The van der Waals surface area contributed by atoms with Gasteiger partial charge < -0.3 is 20.3 Å². The number of anilines is 1. The summed E-state index contributed by atoms with van der Waals surface area (Å²) in [7, 11) is 1.48. The Morgan fingerprint density at radius 1 is 1.10 bits per heavy atom. The van der Waals surface area contributed by atoms with Gasteiger partial charge in [0.25, 0.3) is 5.91 Å². The Hall–Kier alpha value is -4.09. The first kappa shape index (κ1) is 26.5. The molecule has 5 amide bonds. The van der Waals surface area contributed by atoms with Crippen molar-refractivity contribution in [2.75, 3.05) is 18.9 Å². The Morgan fingerprint density at radius 2 is 1.82 bits per heavy atom. The number of likely N-dealkylation sites (tertiary alicyclic amines) is 1. The van der Waals surface area contributed by atoms with E-state index in [9.17, 15) is 32.3 Å². The highest BCUT2D eigenvalue weighted by Crippen LogP contribution is 2.46. The summed E-state index contributed by atoms with van der Waals surface area (Å²) in [6.45, 7) is 1.25. The van der Waals surface area contributed by atoms with Crippen LogP contribution in [0, 0.1) is 17.5 Å². The number of halogens is 3. The van der Waals surface area contributed by atoms with Gasteiger partial charge in [-0.2, -0.15) is 0 Å². The largest absolute Gasteiger partial charge is 0.427 e. The summed E-state index contributed by atoms with van der Waals surface area (Å²) in [4.78, 5) is 53.8. The van der Waals surface area contributed by atoms with Crippen LogP contribution in [-0.2, 0) is 26.3 Å². The van der Waals surface area contributed by atoms with Gasteiger partial charge in [0.2, 0.25) is 11.5 Å².